The third-order valence-corrected chi connectivity index (χ3v) is 3.45. The number of hydrogen-bond donors (Lipinski definition) is 0. The van der Waals surface area contributed by atoms with Crippen molar-refractivity contribution in [3.05, 3.63) is 23.5 Å². The molecule has 0 aliphatic carbocycles. The van der Waals surface area contributed by atoms with Crippen molar-refractivity contribution >= 4 is 6.16 Å². The molecule has 0 fully saturated rings. The Labute approximate surface area is 136 Å². The minimum atomic E-state index is -0.643. The first-order chi connectivity index (χ1) is 9.97. The molecule has 0 aromatic heterocycles. The predicted octanol–water partition coefficient (Wildman–Crippen LogP) is 6.11. The van der Waals surface area contributed by atoms with Gasteiger partial charge in [-0.25, -0.2) is 4.79 Å². The second-order valence-corrected chi connectivity index (χ2v) is 7.48. The first-order valence-corrected chi connectivity index (χ1v) is 8.26. The summed E-state index contributed by atoms with van der Waals surface area (Å²) in [4.78, 5) is 11.7. The van der Waals surface area contributed by atoms with Crippen molar-refractivity contribution in [1.82, 2.24) is 0 Å². The number of allylic oxidation sites excluding steroid dienone is 4. The van der Waals surface area contributed by atoms with Gasteiger partial charge in [0.2, 0.25) is 0 Å². The third kappa shape index (κ3) is 8.26. The lowest BCUT2D eigenvalue weighted by Crippen LogP contribution is -2.24. The van der Waals surface area contributed by atoms with Crippen molar-refractivity contribution in [2.45, 2.75) is 74.3 Å². The van der Waals surface area contributed by atoms with E-state index in [1.165, 1.54) is 5.57 Å². The number of rotatable bonds is 6. The molecule has 0 unspecified atom stereocenters. The monoisotopic (exact) mass is 310 g/mol. The average molecular weight is 310 g/mol. The Morgan fingerprint density at radius 2 is 1.55 bits per heavy atom. The first kappa shape index (κ1) is 20.8. The Morgan fingerprint density at radius 1 is 1.05 bits per heavy atom. The minimum Gasteiger partial charge on any atom is -0.428 e. The maximum absolute atomic E-state index is 11.7. The van der Waals surface area contributed by atoms with Crippen molar-refractivity contribution in [1.29, 1.82) is 0 Å². The maximum atomic E-state index is 11.7. The fourth-order valence-corrected chi connectivity index (χ4v) is 2.76. The van der Waals surface area contributed by atoms with Gasteiger partial charge in [0.15, 0.2) is 0 Å². The highest BCUT2D eigenvalue weighted by molar-refractivity contribution is 5.62. The molecule has 3 heteroatoms. The maximum Gasteiger partial charge on any atom is 0.514 e. The van der Waals surface area contributed by atoms with E-state index in [0.29, 0.717) is 29.9 Å². The van der Waals surface area contributed by atoms with Crippen LogP contribution in [0.5, 0.6) is 0 Å². The minimum absolute atomic E-state index is 0.524. The first-order valence-electron chi connectivity index (χ1n) is 8.26. The molecule has 0 N–H and O–H groups in total. The lowest BCUT2D eigenvalue weighted by Gasteiger charge is -2.25. The molecule has 0 aliphatic heterocycles. The predicted molar refractivity (Wildman–Crippen MR) is 92.6 cm³/mol. The van der Waals surface area contributed by atoms with Crippen LogP contribution in [0.1, 0.15) is 68.7 Å². The zero-order valence-electron chi connectivity index (χ0n) is 15.8. The van der Waals surface area contributed by atoms with Crippen molar-refractivity contribution < 1.29 is 14.3 Å². The van der Waals surface area contributed by atoms with Gasteiger partial charge in [0.1, 0.15) is 11.4 Å². The van der Waals surface area contributed by atoms with Crippen LogP contribution >= 0.6 is 0 Å². The van der Waals surface area contributed by atoms with Gasteiger partial charge in [0.25, 0.3) is 0 Å². The van der Waals surface area contributed by atoms with Gasteiger partial charge < -0.3 is 9.47 Å². The topological polar surface area (TPSA) is 35.5 Å². The highest BCUT2D eigenvalue weighted by Gasteiger charge is 2.20. The summed E-state index contributed by atoms with van der Waals surface area (Å²) in [7, 11) is 0. The van der Waals surface area contributed by atoms with Crippen LogP contribution in [0, 0.1) is 17.8 Å². The van der Waals surface area contributed by atoms with Crippen LogP contribution in [-0.4, -0.2) is 11.8 Å². The van der Waals surface area contributed by atoms with Crippen molar-refractivity contribution in [3.63, 3.8) is 0 Å². The van der Waals surface area contributed by atoms with Gasteiger partial charge in [-0.1, -0.05) is 46.3 Å². The van der Waals surface area contributed by atoms with Crippen molar-refractivity contribution in [2.24, 2.45) is 17.8 Å². The Kier molecular flexibility index (Phi) is 8.50. The summed E-state index contributed by atoms with van der Waals surface area (Å²) >= 11 is 0. The molecule has 0 saturated carbocycles. The van der Waals surface area contributed by atoms with Crippen LogP contribution < -0.4 is 0 Å². The van der Waals surface area contributed by atoms with Crippen LogP contribution in [0.2, 0.25) is 0 Å². The van der Waals surface area contributed by atoms with E-state index in [0.717, 1.165) is 0 Å². The summed E-state index contributed by atoms with van der Waals surface area (Å²) in [5.74, 6) is 2.32. The number of hydrogen-bond acceptors (Lipinski definition) is 3. The Morgan fingerprint density at radius 3 is 1.91 bits per heavy atom. The van der Waals surface area contributed by atoms with E-state index < -0.39 is 11.8 Å². The van der Waals surface area contributed by atoms with Gasteiger partial charge >= 0.3 is 6.16 Å². The highest BCUT2D eigenvalue weighted by Crippen LogP contribution is 2.28. The Balaban J connectivity index is 4.98. The molecule has 0 amide bonds. The van der Waals surface area contributed by atoms with E-state index in [1.54, 1.807) is 0 Å². The van der Waals surface area contributed by atoms with E-state index >= 15 is 0 Å². The summed E-state index contributed by atoms with van der Waals surface area (Å²) in [5.41, 5.74) is 0.769. The Hall–Kier alpha value is -1.25. The van der Waals surface area contributed by atoms with Crippen LogP contribution in [0.25, 0.3) is 0 Å². The van der Waals surface area contributed by atoms with Crippen LogP contribution in [0.4, 0.5) is 4.79 Å². The summed E-state index contributed by atoms with van der Waals surface area (Å²) in [6, 6.07) is 0. The fourth-order valence-electron chi connectivity index (χ4n) is 2.76. The zero-order chi connectivity index (χ0) is 17.5. The molecule has 0 aromatic carbocycles. The van der Waals surface area contributed by atoms with E-state index in [-0.39, 0.29) is 0 Å². The Bertz CT molecular complexity index is 401. The molecule has 0 spiro atoms. The van der Waals surface area contributed by atoms with Gasteiger partial charge in [0.05, 0.1) is 0 Å². The molecule has 0 atom stereocenters. The molecular weight excluding hydrogens is 276 g/mol. The summed E-state index contributed by atoms with van der Waals surface area (Å²) in [6.45, 7) is 18.5. The van der Waals surface area contributed by atoms with Crippen LogP contribution in [-0.2, 0) is 9.47 Å². The number of ether oxygens (including phenoxy) is 2. The molecule has 0 saturated heterocycles. The number of carbonyl (C=O) groups excluding carboxylic acids is 1. The molecule has 128 valence electrons. The van der Waals surface area contributed by atoms with Crippen LogP contribution in [0.3, 0.4) is 0 Å². The quantitative estimate of drug-likeness (QED) is 0.337. The fraction of sp³-hybridized carbons (Fsp3) is 0.737. The molecule has 22 heavy (non-hydrogen) atoms. The second-order valence-electron chi connectivity index (χ2n) is 7.48. The SMILES string of the molecule is CC/C(=C\C=C(/C)C(C(C)C)C(C)C)OC(=O)OC(C)(C)C. The summed E-state index contributed by atoms with van der Waals surface area (Å²) < 4.78 is 10.5. The van der Waals surface area contributed by atoms with Gasteiger partial charge in [-0.3, -0.25) is 0 Å². The second kappa shape index (κ2) is 9.02. The van der Waals surface area contributed by atoms with E-state index in [4.69, 9.17) is 9.47 Å². The molecule has 0 aliphatic rings. The van der Waals surface area contributed by atoms with E-state index in [2.05, 4.69) is 40.7 Å². The standard InChI is InChI=1S/C19H34O3/c1-10-16(21-18(20)22-19(7,8)9)12-11-15(6)17(13(2)3)14(4)5/h11-14,17H,10H2,1-9H3/b15-11+,16-12+. The normalized spacial score (nSPS) is 14.0. The molecule has 0 heterocycles. The molecule has 0 rings (SSSR count). The third-order valence-electron chi connectivity index (χ3n) is 3.45. The lowest BCUT2D eigenvalue weighted by atomic mass is 9.80. The highest BCUT2D eigenvalue weighted by atomic mass is 16.7. The smallest absolute Gasteiger partial charge is 0.428 e. The zero-order valence-corrected chi connectivity index (χ0v) is 15.8. The summed E-state index contributed by atoms with van der Waals surface area (Å²) in [6.07, 6.45) is 3.96. The van der Waals surface area contributed by atoms with Gasteiger partial charge in [-0.15, -0.1) is 0 Å². The lowest BCUT2D eigenvalue weighted by molar-refractivity contribution is 0.00554. The molecule has 0 aromatic rings. The van der Waals surface area contributed by atoms with Crippen molar-refractivity contribution in [3.8, 4) is 0 Å². The van der Waals surface area contributed by atoms with Crippen LogP contribution in [0.15, 0.2) is 23.5 Å². The van der Waals surface area contributed by atoms with Crippen molar-refractivity contribution in [2.75, 3.05) is 0 Å². The molecular formula is C19H34O3. The largest absolute Gasteiger partial charge is 0.514 e. The molecule has 0 radical (unpaired) electrons. The average Bonchev–Trinajstić information content (AvgIpc) is 2.30. The molecule has 0 bridgehead atoms. The summed E-state index contributed by atoms with van der Waals surface area (Å²) in [5, 5.41) is 0. The van der Waals surface area contributed by atoms with E-state index in [9.17, 15) is 4.79 Å². The van der Waals surface area contributed by atoms with E-state index in [1.807, 2.05) is 33.8 Å². The molecule has 3 nitrogen and oxygen atoms in total. The van der Waals surface area contributed by atoms with Gasteiger partial charge in [-0.2, -0.15) is 0 Å². The van der Waals surface area contributed by atoms with Gasteiger partial charge in [0, 0.05) is 6.42 Å². The number of carbonyl (C=O) groups is 1. The van der Waals surface area contributed by atoms with Gasteiger partial charge in [-0.05, 0) is 51.5 Å².